The monoisotopic (exact) mass is 249 g/mol. The number of hydrogen-bond acceptors (Lipinski definition) is 3. The number of rotatable bonds is 5. The normalized spacial score (nSPS) is 19.3. The first kappa shape index (κ1) is 13.1. The van der Waals surface area contributed by atoms with E-state index in [9.17, 15) is 4.79 Å². The molecule has 1 fully saturated rings. The summed E-state index contributed by atoms with van der Waals surface area (Å²) >= 11 is 0. The van der Waals surface area contributed by atoms with Crippen molar-refractivity contribution in [3.05, 3.63) is 35.4 Å². The van der Waals surface area contributed by atoms with Gasteiger partial charge >= 0.3 is 5.97 Å². The zero-order chi connectivity index (χ0) is 13.0. The van der Waals surface area contributed by atoms with E-state index in [2.05, 4.69) is 4.90 Å². The molecule has 0 bridgehead atoms. The average Bonchev–Trinajstić information content (AvgIpc) is 2.82. The largest absolute Gasteiger partial charge is 0.478 e. The Balaban J connectivity index is 1.91. The van der Waals surface area contributed by atoms with Gasteiger partial charge in [-0.1, -0.05) is 12.1 Å². The summed E-state index contributed by atoms with van der Waals surface area (Å²) in [7, 11) is 2.04. The Morgan fingerprint density at radius 3 is 3.06 bits per heavy atom. The molecule has 0 radical (unpaired) electrons. The second kappa shape index (κ2) is 5.98. The quantitative estimate of drug-likeness (QED) is 0.867. The molecule has 1 aliphatic rings. The smallest absolute Gasteiger partial charge is 0.335 e. The van der Waals surface area contributed by atoms with Crippen LogP contribution >= 0.6 is 0 Å². The Morgan fingerprint density at radius 1 is 1.56 bits per heavy atom. The van der Waals surface area contributed by atoms with Crippen molar-refractivity contribution in [3.8, 4) is 0 Å². The van der Waals surface area contributed by atoms with Crippen molar-refractivity contribution in [2.24, 2.45) is 0 Å². The predicted octanol–water partition coefficient (Wildman–Crippen LogP) is 2.00. The number of ether oxygens (including phenoxy) is 1. The predicted molar refractivity (Wildman–Crippen MR) is 68.7 cm³/mol. The van der Waals surface area contributed by atoms with Gasteiger partial charge in [-0.25, -0.2) is 4.79 Å². The number of hydrogen-bond donors (Lipinski definition) is 1. The highest BCUT2D eigenvalue weighted by Gasteiger charge is 2.17. The van der Waals surface area contributed by atoms with Gasteiger partial charge in [0.05, 0.1) is 11.7 Å². The van der Waals surface area contributed by atoms with Crippen LogP contribution < -0.4 is 0 Å². The molecule has 1 saturated heterocycles. The van der Waals surface area contributed by atoms with Gasteiger partial charge in [0, 0.05) is 19.7 Å². The summed E-state index contributed by atoms with van der Waals surface area (Å²) < 4.78 is 5.59. The minimum absolute atomic E-state index is 0.331. The third-order valence-electron chi connectivity index (χ3n) is 3.17. The summed E-state index contributed by atoms with van der Waals surface area (Å²) in [6.45, 7) is 2.52. The Kier molecular flexibility index (Phi) is 4.33. The summed E-state index contributed by atoms with van der Waals surface area (Å²) in [6.07, 6.45) is 2.60. The zero-order valence-corrected chi connectivity index (χ0v) is 10.6. The third kappa shape index (κ3) is 3.55. The van der Waals surface area contributed by atoms with E-state index in [1.165, 1.54) is 0 Å². The molecule has 4 heteroatoms. The van der Waals surface area contributed by atoms with Gasteiger partial charge in [-0.15, -0.1) is 0 Å². The number of aromatic carboxylic acids is 1. The molecular weight excluding hydrogens is 230 g/mol. The number of benzene rings is 1. The number of nitrogens with zero attached hydrogens (tertiary/aromatic N) is 1. The molecule has 1 aromatic rings. The van der Waals surface area contributed by atoms with Gasteiger partial charge in [-0.3, -0.25) is 4.90 Å². The molecular formula is C14H19NO3. The molecule has 1 aromatic carbocycles. The van der Waals surface area contributed by atoms with Crippen molar-refractivity contribution in [1.29, 1.82) is 0 Å². The maximum Gasteiger partial charge on any atom is 0.335 e. The summed E-state index contributed by atoms with van der Waals surface area (Å²) in [4.78, 5) is 13.1. The molecule has 98 valence electrons. The maximum absolute atomic E-state index is 10.9. The highest BCUT2D eigenvalue weighted by molar-refractivity contribution is 5.87. The molecule has 0 aliphatic carbocycles. The first-order valence-electron chi connectivity index (χ1n) is 6.27. The van der Waals surface area contributed by atoms with Crippen LogP contribution in [0.2, 0.25) is 0 Å². The number of carbonyl (C=O) groups is 1. The van der Waals surface area contributed by atoms with Crippen LogP contribution in [-0.2, 0) is 11.3 Å². The minimum Gasteiger partial charge on any atom is -0.478 e. The van der Waals surface area contributed by atoms with Crippen molar-refractivity contribution in [1.82, 2.24) is 4.90 Å². The minimum atomic E-state index is -0.876. The van der Waals surface area contributed by atoms with Crippen LogP contribution in [0.25, 0.3) is 0 Å². The van der Waals surface area contributed by atoms with Gasteiger partial charge in [-0.2, -0.15) is 0 Å². The number of likely N-dealkylation sites (N-methyl/N-ethyl adjacent to an activating group) is 1. The average molecular weight is 249 g/mol. The number of carboxylic acids is 1. The van der Waals surface area contributed by atoms with E-state index in [4.69, 9.17) is 9.84 Å². The van der Waals surface area contributed by atoms with E-state index >= 15 is 0 Å². The van der Waals surface area contributed by atoms with E-state index in [0.29, 0.717) is 11.7 Å². The van der Waals surface area contributed by atoms with E-state index in [-0.39, 0.29) is 0 Å². The van der Waals surface area contributed by atoms with Crippen LogP contribution in [0.15, 0.2) is 24.3 Å². The fraction of sp³-hybridized carbons (Fsp3) is 0.500. The van der Waals surface area contributed by atoms with Crippen molar-refractivity contribution in [3.63, 3.8) is 0 Å². The topological polar surface area (TPSA) is 49.8 Å². The number of carboxylic acid groups (broad SMARTS) is 1. The van der Waals surface area contributed by atoms with Gasteiger partial charge in [0.15, 0.2) is 0 Å². The Labute approximate surface area is 107 Å². The van der Waals surface area contributed by atoms with E-state index < -0.39 is 5.97 Å². The second-order valence-electron chi connectivity index (χ2n) is 4.84. The molecule has 18 heavy (non-hydrogen) atoms. The van der Waals surface area contributed by atoms with E-state index in [1.807, 2.05) is 13.1 Å². The van der Waals surface area contributed by atoms with Crippen molar-refractivity contribution >= 4 is 5.97 Å². The molecule has 1 N–H and O–H groups in total. The molecule has 0 amide bonds. The fourth-order valence-electron chi connectivity index (χ4n) is 2.31. The highest BCUT2D eigenvalue weighted by Crippen LogP contribution is 2.14. The first-order valence-corrected chi connectivity index (χ1v) is 6.27. The standard InChI is InChI=1S/C14H19NO3/c1-15(10-13-6-3-7-18-13)9-11-4-2-5-12(8-11)14(16)17/h2,4-5,8,13H,3,6-7,9-10H2,1H3,(H,16,17). The third-order valence-corrected chi connectivity index (χ3v) is 3.17. The molecule has 2 rings (SSSR count). The maximum atomic E-state index is 10.9. The van der Waals surface area contributed by atoms with Crippen LogP contribution in [0.3, 0.4) is 0 Å². The van der Waals surface area contributed by atoms with Gasteiger partial charge in [-0.05, 0) is 37.6 Å². The summed E-state index contributed by atoms with van der Waals surface area (Å²) in [6, 6.07) is 7.09. The lowest BCUT2D eigenvalue weighted by Gasteiger charge is -2.20. The van der Waals surface area contributed by atoms with Crippen molar-refractivity contribution < 1.29 is 14.6 Å². The lowest BCUT2D eigenvalue weighted by molar-refractivity contribution is 0.0695. The van der Waals surface area contributed by atoms with Crippen LogP contribution in [-0.4, -0.2) is 42.3 Å². The first-order chi connectivity index (χ1) is 8.65. The van der Waals surface area contributed by atoms with Gasteiger partial charge < -0.3 is 9.84 Å². The van der Waals surface area contributed by atoms with Crippen LogP contribution in [0.5, 0.6) is 0 Å². The van der Waals surface area contributed by atoms with Crippen molar-refractivity contribution in [2.75, 3.05) is 20.2 Å². The molecule has 1 unspecified atom stereocenters. The summed E-state index contributed by atoms with van der Waals surface area (Å²) in [5, 5.41) is 8.94. The molecule has 4 nitrogen and oxygen atoms in total. The van der Waals surface area contributed by atoms with Gasteiger partial charge in [0.1, 0.15) is 0 Å². The second-order valence-corrected chi connectivity index (χ2v) is 4.84. The lowest BCUT2D eigenvalue weighted by atomic mass is 10.1. The Bertz CT molecular complexity index is 413. The molecule has 1 heterocycles. The van der Waals surface area contributed by atoms with E-state index in [0.717, 1.165) is 38.1 Å². The molecule has 0 spiro atoms. The van der Waals surface area contributed by atoms with Crippen LogP contribution in [0, 0.1) is 0 Å². The highest BCUT2D eigenvalue weighted by atomic mass is 16.5. The summed E-state index contributed by atoms with van der Waals surface area (Å²) in [5.41, 5.74) is 1.37. The molecule has 0 aromatic heterocycles. The molecule has 1 aliphatic heterocycles. The van der Waals surface area contributed by atoms with Crippen LogP contribution in [0.1, 0.15) is 28.8 Å². The fourth-order valence-corrected chi connectivity index (χ4v) is 2.31. The van der Waals surface area contributed by atoms with Gasteiger partial charge in [0.2, 0.25) is 0 Å². The molecule has 0 saturated carbocycles. The Hall–Kier alpha value is -1.39. The van der Waals surface area contributed by atoms with Crippen molar-refractivity contribution in [2.45, 2.75) is 25.5 Å². The van der Waals surface area contributed by atoms with Crippen LogP contribution in [0.4, 0.5) is 0 Å². The zero-order valence-electron chi connectivity index (χ0n) is 10.6. The molecule has 1 atom stereocenters. The Morgan fingerprint density at radius 2 is 2.39 bits per heavy atom. The lowest BCUT2D eigenvalue weighted by Crippen LogP contribution is -2.28. The SMILES string of the molecule is CN(Cc1cccc(C(=O)O)c1)CC1CCCO1. The van der Waals surface area contributed by atoms with Gasteiger partial charge in [0.25, 0.3) is 0 Å². The summed E-state index contributed by atoms with van der Waals surface area (Å²) in [5.74, 6) is -0.876. The van der Waals surface area contributed by atoms with E-state index in [1.54, 1.807) is 18.2 Å².